The number of pyridine rings is 1. The summed E-state index contributed by atoms with van der Waals surface area (Å²) in [6, 6.07) is 8.06. The molecule has 0 aliphatic rings. The van der Waals surface area contributed by atoms with Crippen LogP contribution >= 0.6 is 15.9 Å². The van der Waals surface area contributed by atoms with Crippen LogP contribution in [0.25, 0.3) is 10.9 Å². The van der Waals surface area contributed by atoms with E-state index in [0.29, 0.717) is 0 Å². The number of rotatable bonds is 5. The maximum atomic E-state index is 9.06. The zero-order valence-corrected chi connectivity index (χ0v) is 12.9. The molecule has 0 aliphatic carbocycles. The summed E-state index contributed by atoms with van der Waals surface area (Å²) in [5.41, 5.74) is 2.13. The molecule has 2 aromatic rings. The fourth-order valence-electron chi connectivity index (χ4n) is 2.00. The van der Waals surface area contributed by atoms with Gasteiger partial charge in [-0.05, 0) is 36.1 Å². The lowest BCUT2D eigenvalue weighted by molar-refractivity contribution is 0.220. The number of nitrogens with one attached hydrogen (secondary N) is 1. The van der Waals surface area contributed by atoms with Gasteiger partial charge in [-0.15, -0.1) is 0 Å². The highest BCUT2D eigenvalue weighted by Crippen LogP contribution is 2.27. The van der Waals surface area contributed by atoms with Gasteiger partial charge in [-0.2, -0.15) is 0 Å². The summed E-state index contributed by atoms with van der Waals surface area (Å²) in [6.07, 6.45) is 2.60. The molecule has 1 aromatic heterocycles. The Kier molecular flexibility index (Phi) is 4.42. The van der Waals surface area contributed by atoms with Gasteiger partial charge in [-0.3, -0.25) is 4.98 Å². The highest BCUT2D eigenvalue weighted by molar-refractivity contribution is 9.10. The number of aliphatic hydroxyl groups excluding tert-OH is 1. The Bertz CT molecular complexity index is 569. The number of anilines is 1. The molecule has 0 aliphatic heterocycles. The molecule has 1 aromatic carbocycles. The van der Waals surface area contributed by atoms with Crippen LogP contribution in [0.2, 0.25) is 0 Å². The molecule has 19 heavy (non-hydrogen) atoms. The minimum Gasteiger partial charge on any atom is -0.396 e. The van der Waals surface area contributed by atoms with Crippen LogP contribution in [-0.4, -0.2) is 23.2 Å². The normalized spacial score (nSPS) is 11.8. The van der Waals surface area contributed by atoms with Gasteiger partial charge in [0.1, 0.15) is 0 Å². The molecule has 3 nitrogen and oxygen atoms in total. The first kappa shape index (κ1) is 14.3. The van der Waals surface area contributed by atoms with Gasteiger partial charge in [0.2, 0.25) is 0 Å². The van der Waals surface area contributed by atoms with Crippen molar-refractivity contribution in [3.05, 3.63) is 34.9 Å². The summed E-state index contributed by atoms with van der Waals surface area (Å²) in [6.45, 7) is 5.33. The molecule has 1 heterocycles. The van der Waals surface area contributed by atoms with Gasteiger partial charge >= 0.3 is 0 Å². The van der Waals surface area contributed by atoms with E-state index in [2.05, 4.69) is 46.1 Å². The molecule has 0 amide bonds. The second-order valence-corrected chi connectivity index (χ2v) is 6.43. The van der Waals surface area contributed by atoms with E-state index < -0.39 is 0 Å². The summed E-state index contributed by atoms with van der Waals surface area (Å²) in [5.74, 6) is 0. The van der Waals surface area contributed by atoms with Crippen molar-refractivity contribution in [3.8, 4) is 0 Å². The van der Waals surface area contributed by atoms with Crippen LogP contribution in [-0.2, 0) is 0 Å². The van der Waals surface area contributed by atoms with Crippen molar-refractivity contribution in [1.29, 1.82) is 0 Å². The zero-order chi connectivity index (χ0) is 13.9. The molecule has 0 saturated heterocycles. The van der Waals surface area contributed by atoms with Crippen LogP contribution < -0.4 is 5.32 Å². The van der Waals surface area contributed by atoms with Gasteiger partial charge < -0.3 is 10.4 Å². The Balaban J connectivity index is 2.23. The van der Waals surface area contributed by atoms with Crippen LogP contribution in [0, 0.1) is 5.41 Å². The third kappa shape index (κ3) is 3.67. The van der Waals surface area contributed by atoms with Gasteiger partial charge in [-0.1, -0.05) is 29.8 Å². The van der Waals surface area contributed by atoms with Crippen LogP contribution in [0.4, 0.5) is 5.69 Å². The fraction of sp³-hybridized carbons (Fsp3) is 0.400. The molecule has 102 valence electrons. The number of aromatic nitrogens is 1. The maximum Gasteiger partial charge on any atom is 0.0723 e. The van der Waals surface area contributed by atoms with E-state index in [1.165, 1.54) is 0 Å². The van der Waals surface area contributed by atoms with Crippen molar-refractivity contribution >= 4 is 32.5 Å². The lowest BCUT2D eigenvalue weighted by Crippen LogP contribution is -2.24. The van der Waals surface area contributed by atoms with Crippen LogP contribution in [0.5, 0.6) is 0 Å². The van der Waals surface area contributed by atoms with Crippen molar-refractivity contribution in [2.24, 2.45) is 5.41 Å². The van der Waals surface area contributed by atoms with Crippen molar-refractivity contribution in [2.45, 2.75) is 20.3 Å². The number of benzene rings is 1. The highest BCUT2D eigenvalue weighted by atomic mass is 79.9. The second kappa shape index (κ2) is 5.88. The largest absolute Gasteiger partial charge is 0.396 e. The van der Waals surface area contributed by atoms with E-state index in [4.69, 9.17) is 5.11 Å². The number of hydrogen-bond donors (Lipinski definition) is 2. The van der Waals surface area contributed by atoms with Gasteiger partial charge in [0.25, 0.3) is 0 Å². The van der Waals surface area contributed by atoms with Gasteiger partial charge in [0, 0.05) is 34.9 Å². The molecule has 0 fully saturated rings. The van der Waals surface area contributed by atoms with E-state index in [9.17, 15) is 0 Å². The van der Waals surface area contributed by atoms with Crippen LogP contribution in [0.15, 0.2) is 34.9 Å². The molecule has 0 radical (unpaired) electrons. The van der Waals surface area contributed by atoms with Crippen LogP contribution in [0.3, 0.4) is 0 Å². The van der Waals surface area contributed by atoms with E-state index in [1.54, 1.807) is 0 Å². The second-order valence-electron chi connectivity index (χ2n) is 5.51. The average Bonchev–Trinajstić information content (AvgIpc) is 2.36. The molecule has 0 spiro atoms. The summed E-state index contributed by atoms with van der Waals surface area (Å²) in [5, 5.41) is 13.6. The minimum absolute atomic E-state index is 0.0658. The smallest absolute Gasteiger partial charge is 0.0723 e. The maximum absolute atomic E-state index is 9.06. The summed E-state index contributed by atoms with van der Waals surface area (Å²) < 4.78 is 1.05. The first-order chi connectivity index (χ1) is 9.02. The number of aliphatic hydroxyl groups is 1. The van der Waals surface area contributed by atoms with E-state index in [1.807, 2.05) is 24.4 Å². The lowest BCUT2D eigenvalue weighted by atomic mass is 9.89. The molecule has 4 heteroatoms. The Morgan fingerprint density at radius 3 is 2.84 bits per heavy atom. The first-order valence-corrected chi connectivity index (χ1v) is 7.20. The Labute approximate surface area is 122 Å². The molecule has 0 atom stereocenters. The first-order valence-electron chi connectivity index (χ1n) is 6.41. The lowest BCUT2D eigenvalue weighted by Gasteiger charge is -2.25. The Morgan fingerprint density at radius 2 is 2.11 bits per heavy atom. The number of nitrogens with zero attached hydrogens (tertiary/aromatic N) is 1. The van der Waals surface area contributed by atoms with Gasteiger partial charge in [-0.25, -0.2) is 0 Å². The SMILES string of the molecule is CC(C)(CCO)CNc1ccnc2ccc(Br)cc12. The topological polar surface area (TPSA) is 45.1 Å². The molecule has 0 unspecified atom stereocenters. The average molecular weight is 323 g/mol. The molecule has 0 bridgehead atoms. The van der Waals surface area contributed by atoms with Gasteiger partial charge in [0.05, 0.1) is 5.52 Å². The zero-order valence-electron chi connectivity index (χ0n) is 11.3. The predicted molar refractivity (Wildman–Crippen MR) is 83.4 cm³/mol. The van der Waals surface area contributed by atoms with Crippen molar-refractivity contribution in [3.63, 3.8) is 0 Å². The standard InChI is InChI=1S/C15H19BrN2O/c1-15(2,6-8-19)10-18-14-5-7-17-13-4-3-11(16)9-12(13)14/h3-5,7,9,19H,6,8,10H2,1-2H3,(H,17,18). The molecule has 0 saturated carbocycles. The summed E-state index contributed by atoms with van der Waals surface area (Å²) in [7, 11) is 0. The van der Waals surface area contributed by atoms with Crippen molar-refractivity contribution < 1.29 is 5.11 Å². The number of halogens is 1. The summed E-state index contributed by atoms with van der Waals surface area (Å²) >= 11 is 3.49. The van der Waals surface area contributed by atoms with Crippen molar-refractivity contribution in [1.82, 2.24) is 4.98 Å². The molecule has 2 rings (SSSR count). The monoisotopic (exact) mass is 322 g/mol. The molecular weight excluding hydrogens is 304 g/mol. The summed E-state index contributed by atoms with van der Waals surface area (Å²) in [4.78, 5) is 4.36. The Morgan fingerprint density at radius 1 is 1.32 bits per heavy atom. The van der Waals surface area contributed by atoms with Gasteiger partial charge in [0.15, 0.2) is 0 Å². The van der Waals surface area contributed by atoms with E-state index in [0.717, 1.165) is 34.0 Å². The van der Waals surface area contributed by atoms with E-state index in [-0.39, 0.29) is 12.0 Å². The molecular formula is C15H19BrN2O. The third-order valence-corrected chi connectivity index (χ3v) is 3.74. The fourth-order valence-corrected chi connectivity index (χ4v) is 2.36. The number of hydrogen-bond acceptors (Lipinski definition) is 3. The quantitative estimate of drug-likeness (QED) is 0.879. The predicted octanol–water partition coefficient (Wildman–Crippen LogP) is 3.82. The Hall–Kier alpha value is -1.13. The minimum atomic E-state index is 0.0658. The molecule has 2 N–H and O–H groups in total. The van der Waals surface area contributed by atoms with Crippen LogP contribution in [0.1, 0.15) is 20.3 Å². The number of fused-ring (bicyclic) bond motifs is 1. The highest BCUT2D eigenvalue weighted by Gasteiger charge is 2.17. The third-order valence-electron chi connectivity index (χ3n) is 3.25. The van der Waals surface area contributed by atoms with E-state index >= 15 is 0 Å². The van der Waals surface area contributed by atoms with Crippen molar-refractivity contribution in [2.75, 3.05) is 18.5 Å².